The molecule has 0 saturated heterocycles. The lowest BCUT2D eigenvalue weighted by atomic mass is 10.3. The zero-order chi connectivity index (χ0) is 16.2. The fourth-order valence-corrected chi connectivity index (χ4v) is 3.05. The number of nitrogens with one attached hydrogen (secondary N) is 1. The minimum absolute atomic E-state index is 0.0971. The molecule has 116 valence electrons. The number of sulfone groups is 1. The number of amides is 1. The van der Waals surface area contributed by atoms with E-state index in [0.717, 1.165) is 12.1 Å². The van der Waals surface area contributed by atoms with Gasteiger partial charge in [0.15, 0.2) is 9.84 Å². The van der Waals surface area contributed by atoms with Crippen molar-refractivity contribution in [2.24, 2.45) is 0 Å². The number of anilines is 1. The van der Waals surface area contributed by atoms with Gasteiger partial charge in [-0.3, -0.25) is 4.79 Å². The summed E-state index contributed by atoms with van der Waals surface area (Å²) in [7, 11) is -3.62. The van der Waals surface area contributed by atoms with Gasteiger partial charge in [0.05, 0.1) is 10.6 Å². The van der Waals surface area contributed by atoms with E-state index < -0.39 is 45.2 Å². The third-order valence-corrected chi connectivity index (χ3v) is 4.66. The maximum Gasteiger partial charge on any atom is 0.225 e. The first-order chi connectivity index (χ1) is 10.4. The van der Waals surface area contributed by atoms with Crippen molar-refractivity contribution >= 4 is 21.4 Å². The van der Waals surface area contributed by atoms with Gasteiger partial charge in [-0.05, 0) is 24.3 Å². The maximum absolute atomic E-state index is 13.4. The predicted molar refractivity (Wildman–Crippen MR) is 78.1 cm³/mol. The number of halogens is 2. The number of carbonyl (C=O) groups excluding carboxylic acids is 1. The molecule has 0 atom stereocenters. The number of hydrogen-bond acceptors (Lipinski definition) is 3. The van der Waals surface area contributed by atoms with Crippen LogP contribution in [0.2, 0.25) is 0 Å². The molecule has 0 fully saturated rings. The van der Waals surface area contributed by atoms with E-state index >= 15 is 0 Å². The Morgan fingerprint density at radius 3 is 2.14 bits per heavy atom. The molecular formula is C15H13F2NO3S. The summed E-state index contributed by atoms with van der Waals surface area (Å²) < 4.78 is 50.7. The lowest BCUT2D eigenvalue weighted by molar-refractivity contribution is -0.115. The van der Waals surface area contributed by atoms with Gasteiger partial charge in [0.25, 0.3) is 0 Å². The fraction of sp³-hybridized carbons (Fsp3) is 0.133. The molecule has 7 heteroatoms. The summed E-state index contributed by atoms with van der Waals surface area (Å²) >= 11 is 0. The Hall–Kier alpha value is -2.28. The van der Waals surface area contributed by atoms with Crippen molar-refractivity contribution in [1.29, 1.82) is 0 Å². The molecule has 2 rings (SSSR count). The van der Waals surface area contributed by atoms with Gasteiger partial charge in [-0.2, -0.15) is 0 Å². The van der Waals surface area contributed by atoms with Crippen molar-refractivity contribution < 1.29 is 22.0 Å². The molecule has 0 aliphatic carbocycles. The van der Waals surface area contributed by atoms with Crippen LogP contribution < -0.4 is 5.32 Å². The quantitative estimate of drug-likeness (QED) is 0.919. The summed E-state index contributed by atoms with van der Waals surface area (Å²) in [5.41, 5.74) is -0.579. The first-order valence-corrected chi connectivity index (χ1v) is 8.07. The average molecular weight is 325 g/mol. The zero-order valence-corrected chi connectivity index (χ0v) is 12.2. The number of benzene rings is 2. The molecule has 4 nitrogen and oxygen atoms in total. The normalized spacial score (nSPS) is 11.2. The Kier molecular flexibility index (Phi) is 4.87. The molecule has 1 N–H and O–H groups in total. The molecule has 0 aliphatic rings. The van der Waals surface area contributed by atoms with Crippen molar-refractivity contribution in [3.05, 3.63) is 60.2 Å². The van der Waals surface area contributed by atoms with Gasteiger partial charge in [-0.15, -0.1) is 0 Å². The van der Waals surface area contributed by atoms with E-state index in [1.807, 2.05) is 5.32 Å². The van der Waals surface area contributed by atoms with E-state index in [2.05, 4.69) is 0 Å². The molecule has 2 aromatic rings. The summed E-state index contributed by atoms with van der Waals surface area (Å²) in [4.78, 5) is 11.8. The van der Waals surface area contributed by atoms with Gasteiger partial charge in [-0.25, -0.2) is 17.2 Å². The second-order valence-electron chi connectivity index (χ2n) is 4.53. The summed E-state index contributed by atoms with van der Waals surface area (Å²) in [6.07, 6.45) is -0.398. The van der Waals surface area contributed by atoms with Crippen molar-refractivity contribution in [2.45, 2.75) is 11.3 Å². The topological polar surface area (TPSA) is 63.2 Å². The Morgan fingerprint density at radius 1 is 0.955 bits per heavy atom. The fourth-order valence-electron chi connectivity index (χ4n) is 1.79. The maximum atomic E-state index is 13.4. The minimum Gasteiger partial charge on any atom is -0.321 e. The molecule has 0 aromatic heterocycles. The molecule has 0 heterocycles. The largest absolute Gasteiger partial charge is 0.321 e. The first kappa shape index (κ1) is 16.1. The van der Waals surface area contributed by atoms with Crippen LogP contribution in [-0.4, -0.2) is 20.1 Å². The summed E-state index contributed by atoms with van der Waals surface area (Å²) in [5.74, 6) is -3.05. The van der Waals surface area contributed by atoms with E-state index in [1.54, 1.807) is 18.2 Å². The molecule has 0 aliphatic heterocycles. The van der Waals surface area contributed by atoms with Crippen LogP contribution in [0, 0.1) is 11.6 Å². The van der Waals surface area contributed by atoms with Gasteiger partial charge < -0.3 is 5.32 Å². The minimum atomic E-state index is -3.62. The van der Waals surface area contributed by atoms with E-state index in [1.165, 1.54) is 18.2 Å². The average Bonchev–Trinajstić information content (AvgIpc) is 2.50. The van der Waals surface area contributed by atoms with Gasteiger partial charge in [0, 0.05) is 6.42 Å². The van der Waals surface area contributed by atoms with E-state index in [4.69, 9.17) is 0 Å². The van der Waals surface area contributed by atoms with Crippen LogP contribution in [0.4, 0.5) is 14.5 Å². The number of carbonyl (C=O) groups is 1. The number of hydrogen-bond donors (Lipinski definition) is 1. The van der Waals surface area contributed by atoms with Crippen LogP contribution in [0.3, 0.4) is 0 Å². The molecule has 0 unspecified atom stereocenters. The zero-order valence-electron chi connectivity index (χ0n) is 11.4. The van der Waals surface area contributed by atoms with Crippen LogP contribution in [0.15, 0.2) is 53.4 Å². The highest BCUT2D eigenvalue weighted by Gasteiger charge is 2.17. The second kappa shape index (κ2) is 6.65. The Bertz CT molecular complexity index is 756. The monoisotopic (exact) mass is 325 g/mol. The van der Waals surface area contributed by atoms with Gasteiger partial charge in [0.2, 0.25) is 5.91 Å². The highest BCUT2D eigenvalue weighted by molar-refractivity contribution is 7.91. The van der Waals surface area contributed by atoms with Crippen molar-refractivity contribution in [3.8, 4) is 0 Å². The summed E-state index contributed by atoms with van der Waals surface area (Å²) in [6, 6.07) is 10.8. The SMILES string of the molecule is O=C(CCS(=O)(=O)c1ccccc1)Nc1c(F)cccc1F. The van der Waals surface area contributed by atoms with Crippen LogP contribution in [0.1, 0.15) is 6.42 Å². The molecule has 0 spiro atoms. The van der Waals surface area contributed by atoms with Crippen LogP contribution in [-0.2, 0) is 14.6 Å². The highest BCUT2D eigenvalue weighted by Crippen LogP contribution is 2.18. The summed E-state index contributed by atoms with van der Waals surface area (Å²) in [5, 5.41) is 2.05. The number of para-hydroxylation sites is 1. The standard InChI is InChI=1S/C15H13F2NO3S/c16-12-7-4-8-13(17)15(12)18-14(19)9-10-22(20,21)11-5-2-1-3-6-11/h1-8H,9-10H2,(H,18,19). The van der Waals surface area contributed by atoms with Crippen LogP contribution in [0.5, 0.6) is 0 Å². The Labute approximate surface area is 126 Å². The summed E-state index contributed by atoms with van der Waals surface area (Å²) in [6.45, 7) is 0. The molecule has 2 aromatic carbocycles. The molecule has 1 amide bonds. The highest BCUT2D eigenvalue weighted by atomic mass is 32.2. The third-order valence-electron chi connectivity index (χ3n) is 2.93. The van der Waals surface area contributed by atoms with Gasteiger partial charge >= 0.3 is 0 Å². The van der Waals surface area contributed by atoms with E-state index in [-0.39, 0.29) is 4.90 Å². The van der Waals surface area contributed by atoms with Crippen molar-refractivity contribution in [1.82, 2.24) is 0 Å². The van der Waals surface area contributed by atoms with Gasteiger partial charge in [0.1, 0.15) is 17.3 Å². The Balaban J connectivity index is 2.02. The first-order valence-electron chi connectivity index (χ1n) is 6.42. The predicted octanol–water partition coefficient (Wildman–Crippen LogP) is 2.77. The smallest absolute Gasteiger partial charge is 0.225 e. The lowest BCUT2D eigenvalue weighted by Crippen LogP contribution is -2.18. The number of rotatable bonds is 5. The molecule has 22 heavy (non-hydrogen) atoms. The lowest BCUT2D eigenvalue weighted by Gasteiger charge is -2.08. The Morgan fingerprint density at radius 2 is 1.55 bits per heavy atom. The molecule has 0 saturated carbocycles. The molecule has 0 radical (unpaired) electrons. The third kappa shape index (κ3) is 3.88. The molecular weight excluding hydrogens is 312 g/mol. The van der Waals surface area contributed by atoms with Crippen molar-refractivity contribution in [3.63, 3.8) is 0 Å². The van der Waals surface area contributed by atoms with Crippen LogP contribution in [0.25, 0.3) is 0 Å². The van der Waals surface area contributed by atoms with E-state index in [0.29, 0.717) is 0 Å². The van der Waals surface area contributed by atoms with E-state index in [9.17, 15) is 22.0 Å². The molecule has 0 bridgehead atoms. The van der Waals surface area contributed by atoms with Crippen LogP contribution >= 0.6 is 0 Å². The van der Waals surface area contributed by atoms with Gasteiger partial charge in [-0.1, -0.05) is 24.3 Å². The van der Waals surface area contributed by atoms with Crippen molar-refractivity contribution in [2.75, 3.05) is 11.1 Å². The second-order valence-corrected chi connectivity index (χ2v) is 6.64.